The van der Waals surface area contributed by atoms with E-state index in [-0.39, 0.29) is 0 Å². The first-order valence-corrected chi connectivity index (χ1v) is 6.34. The van der Waals surface area contributed by atoms with Crippen LogP contribution in [0.2, 0.25) is 0 Å². The zero-order chi connectivity index (χ0) is 11.2. The summed E-state index contributed by atoms with van der Waals surface area (Å²) in [5, 5.41) is 4.49. The van der Waals surface area contributed by atoms with Crippen LogP contribution in [0.4, 0.5) is 5.69 Å². The van der Waals surface area contributed by atoms with Gasteiger partial charge in [-0.15, -0.1) is 0 Å². The van der Waals surface area contributed by atoms with Gasteiger partial charge in [0.15, 0.2) is 0 Å². The number of unbranched alkanes of at least 4 members (excludes halogenated alkanes) is 3. The van der Waals surface area contributed by atoms with Crippen molar-refractivity contribution in [3.8, 4) is 5.75 Å². The van der Waals surface area contributed by atoms with Crippen molar-refractivity contribution in [1.82, 2.24) is 5.32 Å². The Morgan fingerprint density at radius 2 is 2.19 bits per heavy atom. The van der Waals surface area contributed by atoms with E-state index in [0.717, 1.165) is 37.4 Å². The van der Waals surface area contributed by atoms with Crippen molar-refractivity contribution in [2.45, 2.75) is 39.0 Å². The van der Waals surface area contributed by atoms with E-state index in [0.29, 0.717) is 0 Å². The maximum absolute atomic E-state index is 5.80. The minimum atomic E-state index is 0.825. The van der Waals surface area contributed by atoms with Gasteiger partial charge in [-0.05, 0) is 24.5 Å². The summed E-state index contributed by atoms with van der Waals surface area (Å²) in [6.45, 7) is 3.97. The van der Waals surface area contributed by atoms with Gasteiger partial charge in [-0.3, -0.25) is 5.32 Å². The van der Waals surface area contributed by atoms with E-state index in [9.17, 15) is 0 Å². The van der Waals surface area contributed by atoms with Gasteiger partial charge in [-0.25, -0.2) is 0 Å². The van der Waals surface area contributed by atoms with Crippen LogP contribution >= 0.6 is 0 Å². The molecule has 0 unspecified atom stereocenters. The molecule has 87 valence electrons. The molecule has 1 radical (unpaired) electrons. The number of hydrogen-bond donors (Lipinski definition) is 0. The van der Waals surface area contributed by atoms with E-state index in [1.165, 1.54) is 24.8 Å². The molecule has 1 heterocycles. The van der Waals surface area contributed by atoms with Crippen LogP contribution in [0.3, 0.4) is 0 Å². The summed E-state index contributed by atoms with van der Waals surface area (Å²) in [7, 11) is 0. The number of fused-ring (bicyclic) bond motifs is 1. The molecule has 1 aliphatic rings. The summed E-state index contributed by atoms with van der Waals surface area (Å²) in [6.07, 6.45) is 6.07. The predicted octanol–water partition coefficient (Wildman–Crippen LogP) is 3.44. The van der Waals surface area contributed by atoms with Crippen LogP contribution in [-0.4, -0.2) is 13.2 Å². The quantitative estimate of drug-likeness (QED) is 0.671. The lowest BCUT2D eigenvalue weighted by Crippen LogP contribution is -2.00. The minimum Gasteiger partial charge on any atom is -0.491 e. The van der Waals surface area contributed by atoms with Crippen LogP contribution in [0.15, 0.2) is 18.2 Å². The van der Waals surface area contributed by atoms with E-state index in [2.05, 4.69) is 24.4 Å². The molecule has 0 aliphatic carbocycles. The molecule has 0 atom stereocenters. The first-order chi connectivity index (χ1) is 7.92. The summed E-state index contributed by atoms with van der Waals surface area (Å²) in [5.41, 5.74) is 2.43. The van der Waals surface area contributed by atoms with E-state index in [1.807, 2.05) is 6.07 Å². The molecule has 0 saturated heterocycles. The van der Waals surface area contributed by atoms with Crippen LogP contribution in [0, 0.1) is 0 Å². The van der Waals surface area contributed by atoms with Crippen LogP contribution in [-0.2, 0) is 6.42 Å². The molecule has 2 rings (SSSR count). The van der Waals surface area contributed by atoms with Crippen LogP contribution in [0.1, 0.15) is 38.2 Å². The molecule has 0 saturated carbocycles. The highest BCUT2D eigenvalue weighted by Gasteiger charge is 2.15. The lowest BCUT2D eigenvalue weighted by molar-refractivity contribution is 0.305. The zero-order valence-corrected chi connectivity index (χ0v) is 10.0. The second kappa shape index (κ2) is 5.78. The van der Waals surface area contributed by atoms with Gasteiger partial charge in [0, 0.05) is 6.54 Å². The van der Waals surface area contributed by atoms with Crippen LogP contribution < -0.4 is 10.1 Å². The number of nitrogens with zero attached hydrogens (tertiary/aromatic N) is 1. The average molecular weight is 218 g/mol. The van der Waals surface area contributed by atoms with Gasteiger partial charge in [0.25, 0.3) is 0 Å². The third-order valence-electron chi connectivity index (χ3n) is 2.99. The van der Waals surface area contributed by atoms with Gasteiger partial charge in [0.1, 0.15) is 11.4 Å². The number of rotatable bonds is 6. The number of hydrogen-bond acceptors (Lipinski definition) is 1. The summed E-state index contributed by atoms with van der Waals surface area (Å²) in [5.74, 6) is 0.978. The summed E-state index contributed by atoms with van der Waals surface area (Å²) < 4.78 is 5.80. The van der Waals surface area contributed by atoms with Crippen molar-refractivity contribution >= 4 is 5.69 Å². The Balaban J connectivity index is 1.83. The van der Waals surface area contributed by atoms with E-state index < -0.39 is 0 Å². The molecule has 0 fully saturated rings. The zero-order valence-electron chi connectivity index (χ0n) is 10.0. The molecule has 2 nitrogen and oxygen atoms in total. The van der Waals surface area contributed by atoms with Gasteiger partial charge < -0.3 is 4.74 Å². The molecule has 1 aromatic carbocycles. The molecule has 0 amide bonds. The van der Waals surface area contributed by atoms with Gasteiger partial charge in [0.2, 0.25) is 0 Å². The SMILES string of the molecule is CCCCCCOc1cccc2c1[N]CC2. The maximum Gasteiger partial charge on any atom is 0.144 e. The van der Waals surface area contributed by atoms with Crippen molar-refractivity contribution in [1.29, 1.82) is 0 Å². The highest BCUT2D eigenvalue weighted by Crippen LogP contribution is 2.32. The smallest absolute Gasteiger partial charge is 0.144 e. The average Bonchev–Trinajstić information content (AvgIpc) is 2.77. The largest absolute Gasteiger partial charge is 0.491 e. The Bertz CT molecular complexity index is 336. The lowest BCUT2D eigenvalue weighted by Gasteiger charge is -2.09. The minimum absolute atomic E-state index is 0.825. The fraction of sp³-hybridized carbons (Fsp3) is 0.571. The molecular formula is C14H20NO. The van der Waals surface area contributed by atoms with Gasteiger partial charge in [-0.2, -0.15) is 0 Å². The number of benzene rings is 1. The Labute approximate surface area is 98.0 Å². The van der Waals surface area contributed by atoms with Crippen molar-refractivity contribution in [3.05, 3.63) is 23.8 Å². The first kappa shape index (κ1) is 11.3. The Kier molecular flexibility index (Phi) is 4.09. The van der Waals surface area contributed by atoms with Crippen molar-refractivity contribution < 1.29 is 4.74 Å². The molecule has 1 aliphatic heterocycles. The van der Waals surface area contributed by atoms with E-state index in [4.69, 9.17) is 4.74 Å². The lowest BCUT2D eigenvalue weighted by atomic mass is 10.1. The van der Waals surface area contributed by atoms with Crippen LogP contribution in [0.25, 0.3) is 0 Å². The van der Waals surface area contributed by atoms with E-state index >= 15 is 0 Å². The topological polar surface area (TPSA) is 23.3 Å². The number of ether oxygens (including phenoxy) is 1. The second-order valence-corrected chi connectivity index (χ2v) is 4.30. The highest BCUT2D eigenvalue weighted by atomic mass is 16.5. The second-order valence-electron chi connectivity index (χ2n) is 4.30. The summed E-state index contributed by atoms with van der Waals surface area (Å²) >= 11 is 0. The monoisotopic (exact) mass is 218 g/mol. The molecule has 0 bridgehead atoms. The molecule has 2 heteroatoms. The van der Waals surface area contributed by atoms with Gasteiger partial charge in [-0.1, -0.05) is 38.3 Å². The fourth-order valence-corrected chi connectivity index (χ4v) is 2.06. The van der Waals surface area contributed by atoms with Gasteiger partial charge >= 0.3 is 0 Å². The van der Waals surface area contributed by atoms with Crippen molar-refractivity contribution in [3.63, 3.8) is 0 Å². The third-order valence-corrected chi connectivity index (χ3v) is 2.99. The Hall–Kier alpha value is -1.18. The summed E-state index contributed by atoms with van der Waals surface area (Å²) in [6, 6.07) is 6.25. The van der Waals surface area contributed by atoms with Crippen LogP contribution in [0.5, 0.6) is 5.75 Å². The van der Waals surface area contributed by atoms with Crippen molar-refractivity contribution in [2.75, 3.05) is 13.2 Å². The summed E-state index contributed by atoms with van der Waals surface area (Å²) in [4.78, 5) is 0. The molecule has 0 aromatic heterocycles. The molecule has 0 N–H and O–H groups in total. The maximum atomic E-state index is 5.80. The fourth-order valence-electron chi connectivity index (χ4n) is 2.06. The standard InChI is InChI=1S/C14H20NO/c1-2-3-4-5-11-16-13-8-6-7-12-9-10-15-14(12)13/h6-8H,2-5,9-11H2,1H3. The molecule has 0 spiro atoms. The first-order valence-electron chi connectivity index (χ1n) is 6.34. The normalized spacial score (nSPS) is 13.3. The molecular weight excluding hydrogens is 198 g/mol. The van der Waals surface area contributed by atoms with Gasteiger partial charge in [0.05, 0.1) is 6.61 Å². The van der Waals surface area contributed by atoms with E-state index in [1.54, 1.807) is 0 Å². The number of para-hydroxylation sites is 1. The molecule has 1 aromatic rings. The predicted molar refractivity (Wildman–Crippen MR) is 66.4 cm³/mol. The Morgan fingerprint density at radius 1 is 1.25 bits per heavy atom. The third kappa shape index (κ3) is 2.69. The highest BCUT2D eigenvalue weighted by molar-refractivity contribution is 5.59. The van der Waals surface area contributed by atoms with Crippen molar-refractivity contribution in [2.24, 2.45) is 0 Å². The Morgan fingerprint density at radius 3 is 3.06 bits per heavy atom. The molecule has 16 heavy (non-hydrogen) atoms.